The third kappa shape index (κ3) is 3.06. The van der Waals surface area contributed by atoms with Crippen LogP contribution in [0.15, 0.2) is 47.6 Å². The largest absolute Gasteiger partial charge is 0.323 e. The van der Waals surface area contributed by atoms with Gasteiger partial charge in [-0.3, -0.25) is 9.20 Å². The molecule has 0 bridgehead atoms. The zero-order valence-electron chi connectivity index (χ0n) is 12.7. The van der Waals surface area contributed by atoms with Crippen molar-refractivity contribution < 1.29 is 9.18 Å². The van der Waals surface area contributed by atoms with Crippen LogP contribution in [0.4, 0.5) is 10.1 Å². The molecule has 4 aromatic rings. The Balaban J connectivity index is 1.52. The minimum absolute atomic E-state index is 0.0540. The van der Waals surface area contributed by atoms with Gasteiger partial charge in [0, 0.05) is 5.02 Å². The molecule has 0 saturated carbocycles. The van der Waals surface area contributed by atoms with Gasteiger partial charge in [0.2, 0.25) is 11.7 Å². The first-order chi connectivity index (χ1) is 12.1. The van der Waals surface area contributed by atoms with Gasteiger partial charge >= 0.3 is 0 Å². The molecule has 2 aromatic heterocycles. The molecule has 0 spiro atoms. The molecule has 0 aliphatic carbocycles. The topological polar surface area (TPSA) is 75.1 Å². The molecular weight excluding hydrogens is 365 g/mol. The number of halogens is 2. The fourth-order valence-corrected chi connectivity index (χ4v) is 3.38. The van der Waals surface area contributed by atoms with Crippen molar-refractivity contribution in [3.63, 3.8) is 0 Å². The third-order valence-corrected chi connectivity index (χ3v) is 4.71. The second-order valence-electron chi connectivity index (χ2n) is 5.23. The summed E-state index contributed by atoms with van der Waals surface area (Å²) in [5.41, 5.74) is 1.79. The summed E-state index contributed by atoms with van der Waals surface area (Å²) < 4.78 is 15.5. The lowest BCUT2D eigenvalue weighted by Gasteiger charge is -2.06. The number of fused-ring (bicyclic) bond motifs is 3. The van der Waals surface area contributed by atoms with Gasteiger partial charge in [0.25, 0.3) is 0 Å². The Hall–Kier alpha value is -2.58. The second-order valence-corrected chi connectivity index (χ2v) is 6.61. The van der Waals surface area contributed by atoms with Gasteiger partial charge in [-0.1, -0.05) is 35.5 Å². The Morgan fingerprint density at radius 3 is 3.04 bits per heavy atom. The van der Waals surface area contributed by atoms with E-state index in [0.29, 0.717) is 16.0 Å². The van der Waals surface area contributed by atoms with Crippen LogP contribution in [0.2, 0.25) is 5.02 Å². The molecule has 9 heteroatoms. The molecule has 2 aromatic carbocycles. The lowest BCUT2D eigenvalue weighted by Crippen LogP contribution is -2.15. The summed E-state index contributed by atoms with van der Waals surface area (Å²) in [6.45, 7) is 0. The van der Waals surface area contributed by atoms with Crippen LogP contribution >= 0.6 is 23.4 Å². The number of hydrogen-bond acceptors (Lipinski definition) is 4. The number of anilines is 1. The highest BCUT2D eigenvalue weighted by molar-refractivity contribution is 7.99. The van der Waals surface area contributed by atoms with Gasteiger partial charge in [-0.25, -0.2) is 14.5 Å². The number of benzene rings is 2. The Morgan fingerprint density at radius 2 is 2.16 bits per heavy atom. The molecule has 2 heterocycles. The summed E-state index contributed by atoms with van der Waals surface area (Å²) in [7, 11) is 0. The molecule has 0 unspecified atom stereocenters. The Labute approximate surface area is 150 Å². The number of rotatable bonds is 4. The number of carbonyl (C=O) groups excluding carboxylic acids is 1. The average Bonchev–Trinajstić information content (AvgIpc) is 3.15. The van der Waals surface area contributed by atoms with Gasteiger partial charge in [-0.2, -0.15) is 0 Å². The summed E-state index contributed by atoms with van der Waals surface area (Å²) in [5, 5.41) is 10.5. The number of amides is 1. The summed E-state index contributed by atoms with van der Waals surface area (Å²) in [4.78, 5) is 16.5. The number of aromatic amines is 1. The summed E-state index contributed by atoms with van der Waals surface area (Å²) in [6.07, 6.45) is 0. The second kappa shape index (κ2) is 6.38. The van der Waals surface area contributed by atoms with Crippen LogP contribution in [0.25, 0.3) is 16.8 Å². The minimum atomic E-state index is -0.537. The van der Waals surface area contributed by atoms with E-state index in [1.165, 1.54) is 30.0 Å². The van der Waals surface area contributed by atoms with Crippen molar-refractivity contribution in [2.24, 2.45) is 0 Å². The Bertz CT molecular complexity index is 1090. The Morgan fingerprint density at radius 1 is 1.32 bits per heavy atom. The number of carbonyl (C=O) groups is 1. The van der Waals surface area contributed by atoms with Gasteiger partial charge in [-0.05, 0) is 30.3 Å². The predicted octanol–water partition coefficient (Wildman–Crippen LogP) is 3.73. The molecular formula is C16H11ClFN5OS. The molecule has 126 valence electrons. The number of para-hydroxylation sites is 2. The maximum absolute atomic E-state index is 13.7. The van der Waals surface area contributed by atoms with E-state index in [0.717, 1.165) is 11.0 Å². The minimum Gasteiger partial charge on any atom is -0.323 e. The lowest BCUT2D eigenvalue weighted by molar-refractivity contribution is -0.113. The third-order valence-electron chi connectivity index (χ3n) is 3.54. The fourth-order valence-electron chi connectivity index (χ4n) is 2.45. The van der Waals surface area contributed by atoms with Crippen molar-refractivity contribution in [2.45, 2.75) is 5.16 Å². The van der Waals surface area contributed by atoms with Crippen molar-refractivity contribution in [3.8, 4) is 0 Å². The van der Waals surface area contributed by atoms with Crippen LogP contribution in [0.1, 0.15) is 0 Å². The quantitative estimate of drug-likeness (QED) is 0.533. The van der Waals surface area contributed by atoms with Gasteiger partial charge < -0.3 is 5.32 Å². The van der Waals surface area contributed by atoms with Crippen LogP contribution in [0.3, 0.4) is 0 Å². The maximum Gasteiger partial charge on any atom is 0.234 e. The fraction of sp³-hybridized carbons (Fsp3) is 0.0625. The molecule has 0 saturated heterocycles. The van der Waals surface area contributed by atoms with Crippen molar-refractivity contribution in [2.75, 3.05) is 11.1 Å². The predicted molar refractivity (Wildman–Crippen MR) is 95.6 cm³/mol. The van der Waals surface area contributed by atoms with Crippen molar-refractivity contribution in [1.29, 1.82) is 0 Å². The van der Waals surface area contributed by atoms with Gasteiger partial charge in [0.05, 0.1) is 22.5 Å². The number of imidazole rings is 1. The van der Waals surface area contributed by atoms with Gasteiger partial charge in [0.1, 0.15) is 5.82 Å². The summed E-state index contributed by atoms with van der Waals surface area (Å²) in [5.74, 6) is -0.222. The van der Waals surface area contributed by atoms with Crippen LogP contribution in [-0.2, 0) is 4.79 Å². The molecule has 0 atom stereocenters. The molecule has 6 nitrogen and oxygen atoms in total. The van der Waals surface area contributed by atoms with E-state index < -0.39 is 5.82 Å². The number of nitrogens with one attached hydrogen (secondary N) is 2. The molecule has 0 aliphatic rings. The molecule has 2 N–H and O–H groups in total. The van der Waals surface area contributed by atoms with E-state index in [9.17, 15) is 9.18 Å². The lowest BCUT2D eigenvalue weighted by atomic mass is 10.3. The SMILES string of the molecule is O=C(CSc1n[nH]c2nc3ccccc3n12)Nc1cc(Cl)ccc1F. The normalized spacial score (nSPS) is 11.3. The Kier molecular flexibility index (Phi) is 4.06. The molecule has 1 amide bonds. The first-order valence-corrected chi connectivity index (χ1v) is 8.67. The van der Waals surface area contributed by atoms with Crippen LogP contribution in [0, 0.1) is 5.82 Å². The average molecular weight is 376 g/mol. The van der Waals surface area contributed by atoms with E-state index in [1.54, 1.807) is 0 Å². The number of hydrogen-bond donors (Lipinski definition) is 2. The first-order valence-electron chi connectivity index (χ1n) is 7.31. The van der Waals surface area contributed by atoms with E-state index in [2.05, 4.69) is 20.5 Å². The number of aromatic nitrogens is 4. The van der Waals surface area contributed by atoms with E-state index in [-0.39, 0.29) is 17.3 Å². The van der Waals surface area contributed by atoms with Crippen molar-refractivity contribution >= 4 is 51.8 Å². The first kappa shape index (κ1) is 15.9. The standard InChI is InChI=1S/C16H11ClFN5OS/c17-9-5-6-10(18)12(7-9)19-14(24)8-25-16-22-21-15-20-11-3-1-2-4-13(11)23(15)16/h1-7H,8H2,(H,19,24)(H,20,21). The van der Waals surface area contributed by atoms with Crippen molar-refractivity contribution in [1.82, 2.24) is 19.6 Å². The molecule has 4 rings (SSSR count). The van der Waals surface area contributed by atoms with E-state index >= 15 is 0 Å². The maximum atomic E-state index is 13.7. The smallest absolute Gasteiger partial charge is 0.234 e. The van der Waals surface area contributed by atoms with Gasteiger partial charge in [-0.15, -0.1) is 5.10 Å². The van der Waals surface area contributed by atoms with E-state index in [1.807, 2.05) is 28.7 Å². The van der Waals surface area contributed by atoms with Gasteiger partial charge in [0.15, 0.2) is 5.16 Å². The monoisotopic (exact) mass is 375 g/mol. The molecule has 25 heavy (non-hydrogen) atoms. The van der Waals surface area contributed by atoms with Crippen LogP contribution in [-0.4, -0.2) is 31.2 Å². The highest BCUT2D eigenvalue weighted by Gasteiger charge is 2.14. The summed E-state index contributed by atoms with van der Waals surface area (Å²) >= 11 is 7.05. The number of thioether (sulfide) groups is 1. The zero-order chi connectivity index (χ0) is 17.4. The van der Waals surface area contributed by atoms with Crippen LogP contribution < -0.4 is 5.32 Å². The highest BCUT2D eigenvalue weighted by atomic mass is 35.5. The number of nitrogens with zero attached hydrogens (tertiary/aromatic N) is 3. The van der Waals surface area contributed by atoms with Crippen molar-refractivity contribution in [3.05, 3.63) is 53.3 Å². The van der Waals surface area contributed by atoms with E-state index in [4.69, 9.17) is 11.6 Å². The number of H-pyrrole nitrogens is 1. The highest BCUT2D eigenvalue weighted by Crippen LogP contribution is 2.24. The summed E-state index contributed by atoms with van der Waals surface area (Å²) in [6, 6.07) is 11.6. The zero-order valence-corrected chi connectivity index (χ0v) is 14.2. The molecule has 0 fully saturated rings. The van der Waals surface area contributed by atoms with Crippen LogP contribution in [0.5, 0.6) is 0 Å². The molecule has 0 radical (unpaired) electrons. The molecule has 0 aliphatic heterocycles.